The van der Waals surface area contributed by atoms with Gasteiger partial charge in [-0.15, -0.1) is 0 Å². The number of phenolic OH excluding ortho intramolecular Hbond substituents is 2. The van der Waals surface area contributed by atoms with E-state index in [0.717, 1.165) is 43.2 Å². The molecule has 0 spiro atoms. The first-order valence-corrected chi connectivity index (χ1v) is 11.4. The van der Waals surface area contributed by atoms with Crippen LogP contribution in [-0.2, 0) is 0 Å². The average molecular weight is 401 g/mol. The van der Waals surface area contributed by atoms with Gasteiger partial charge in [0.25, 0.3) is 0 Å². The van der Waals surface area contributed by atoms with Gasteiger partial charge in [0.1, 0.15) is 11.5 Å². The first-order valence-electron chi connectivity index (χ1n) is 11.4. The smallest absolute Gasteiger partial charge is 0.131 e. The van der Waals surface area contributed by atoms with Crippen LogP contribution in [-0.4, -0.2) is 10.2 Å². The summed E-state index contributed by atoms with van der Waals surface area (Å²) in [4.78, 5) is 0. The highest BCUT2D eigenvalue weighted by Gasteiger charge is 2.21. The van der Waals surface area contributed by atoms with E-state index in [-0.39, 0.29) is 11.5 Å². The molecule has 2 aliphatic carbocycles. The summed E-state index contributed by atoms with van der Waals surface area (Å²) in [5.74, 6) is 0.465. The zero-order valence-corrected chi connectivity index (χ0v) is 18.0. The molecule has 2 aromatic carbocycles. The van der Waals surface area contributed by atoms with E-state index >= 15 is 0 Å². The Bertz CT molecular complexity index is 1010. The second-order valence-corrected chi connectivity index (χ2v) is 8.59. The molecule has 4 rings (SSSR count). The van der Waals surface area contributed by atoms with E-state index in [4.69, 9.17) is 0 Å². The molecule has 30 heavy (non-hydrogen) atoms. The van der Waals surface area contributed by atoms with E-state index < -0.39 is 0 Å². The largest absolute Gasteiger partial charge is 0.507 e. The molecular weight excluding hydrogens is 368 g/mol. The second-order valence-electron chi connectivity index (χ2n) is 8.59. The second kappa shape index (κ2) is 9.38. The molecule has 0 aromatic heterocycles. The summed E-state index contributed by atoms with van der Waals surface area (Å²) in [6.07, 6.45) is 17.4. The lowest BCUT2D eigenvalue weighted by Gasteiger charge is -2.20. The molecule has 0 radical (unpaired) electrons. The fourth-order valence-corrected chi connectivity index (χ4v) is 4.76. The summed E-state index contributed by atoms with van der Waals surface area (Å²) in [7, 11) is 0. The molecule has 0 saturated heterocycles. The third-order valence-electron chi connectivity index (χ3n) is 6.32. The monoisotopic (exact) mass is 400 g/mol. The van der Waals surface area contributed by atoms with Gasteiger partial charge in [0.2, 0.25) is 0 Å². The van der Waals surface area contributed by atoms with Gasteiger partial charge in [0.05, 0.1) is 0 Å². The summed E-state index contributed by atoms with van der Waals surface area (Å²) in [5.41, 5.74) is 7.39. The molecule has 0 heterocycles. The lowest BCUT2D eigenvalue weighted by atomic mass is 9.86. The van der Waals surface area contributed by atoms with Crippen LogP contribution in [0.3, 0.4) is 0 Å². The first kappa shape index (κ1) is 20.5. The van der Waals surface area contributed by atoms with Gasteiger partial charge in [-0.25, -0.2) is 0 Å². The fourth-order valence-electron chi connectivity index (χ4n) is 4.76. The number of allylic oxidation sites excluding steroid dienone is 6. The molecule has 2 nitrogen and oxygen atoms in total. The van der Waals surface area contributed by atoms with E-state index in [0.29, 0.717) is 11.1 Å². The SMILES string of the molecule is Cc1cc(/C2=C\CCCC/C=C/C3=C2CCCCC3)c(O)c(-c2ccccc2O)c1. The number of hydrogen-bond donors (Lipinski definition) is 2. The Morgan fingerprint density at radius 1 is 0.767 bits per heavy atom. The molecular formula is C28H32O2. The maximum Gasteiger partial charge on any atom is 0.131 e. The number of rotatable bonds is 2. The van der Waals surface area contributed by atoms with E-state index in [1.54, 1.807) is 6.07 Å². The Labute approximate surface area is 180 Å². The number of phenols is 2. The van der Waals surface area contributed by atoms with Crippen molar-refractivity contribution in [2.75, 3.05) is 0 Å². The predicted octanol–water partition coefficient (Wildman–Crippen LogP) is 7.85. The molecule has 0 aliphatic heterocycles. The third-order valence-corrected chi connectivity index (χ3v) is 6.32. The normalized spacial score (nSPS) is 20.6. The van der Waals surface area contributed by atoms with Crippen LogP contribution in [0.5, 0.6) is 11.5 Å². The lowest BCUT2D eigenvalue weighted by Crippen LogP contribution is -1.98. The van der Waals surface area contributed by atoms with E-state index in [9.17, 15) is 10.2 Å². The average Bonchev–Trinajstić information content (AvgIpc) is 2.98. The van der Waals surface area contributed by atoms with E-state index in [1.165, 1.54) is 42.4 Å². The van der Waals surface area contributed by atoms with Crippen molar-refractivity contribution in [3.8, 4) is 22.6 Å². The minimum atomic E-state index is 0.196. The highest BCUT2D eigenvalue weighted by molar-refractivity contribution is 5.89. The Kier molecular flexibility index (Phi) is 6.42. The summed E-state index contributed by atoms with van der Waals surface area (Å²) in [6, 6.07) is 11.3. The summed E-state index contributed by atoms with van der Waals surface area (Å²) < 4.78 is 0. The summed E-state index contributed by atoms with van der Waals surface area (Å²) in [6.45, 7) is 2.06. The van der Waals surface area contributed by atoms with Gasteiger partial charge in [0, 0.05) is 16.7 Å². The quantitative estimate of drug-likeness (QED) is 0.539. The van der Waals surface area contributed by atoms with Gasteiger partial charge < -0.3 is 10.2 Å². The highest BCUT2D eigenvalue weighted by atomic mass is 16.3. The van der Waals surface area contributed by atoms with Crippen LogP contribution >= 0.6 is 0 Å². The number of benzene rings is 2. The van der Waals surface area contributed by atoms with Crippen LogP contribution in [0.4, 0.5) is 0 Å². The minimum Gasteiger partial charge on any atom is -0.507 e. The van der Waals surface area contributed by atoms with Crippen LogP contribution in [0.2, 0.25) is 0 Å². The molecule has 2 N–H and O–H groups in total. The fraction of sp³-hybridized carbons (Fsp3) is 0.357. The lowest BCUT2D eigenvalue weighted by molar-refractivity contribution is 0.468. The number of aromatic hydroxyl groups is 2. The van der Waals surface area contributed by atoms with Crippen LogP contribution < -0.4 is 0 Å². The van der Waals surface area contributed by atoms with Crippen LogP contribution in [0, 0.1) is 6.92 Å². The Balaban J connectivity index is 1.91. The van der Waals surface area contributed by atoms with Gasteiger partial charge in [-0.3, -0.25) is 0 Å². The third kappa shape index (κ3) is 4.38. The molecule has 0 fully saturated rings. The van der Waals surface area contributed by atoms with Crippen LogP contribution in [0.15, 0.2) is 65.8 Å². The Morgan fingerprint density at radius 3 is 2.40 bits per heavy atom. The van der Waals surface area contributed by atoms with Crippen molar-refractivity contribution in [3.05, 3.63) is 76.9 Å². The summed E-state index contributed by atoms with van der Waals surface area (Å²) >= 11 is 0. The Morgan fingerprint density at radius 2 is 1.53 bits per heavy atom. The Hall–Kier alpha value is -2.74. The number of hydrogen-bond acceptors (Lipinski definition) is 2. The minimum absolute atomic E-state index is 0.196. The van der Waals surface area contributed by atoms with Gasteiger partial charge in [-0.05, 0) is 98.8 Å². The van der Waals surface area contributed by atoms with Crippen molar-refractivity contribution < 1.29 is 10.2 Å². The number of aryl methyl sites for hydroxylation is 1. The van der Waals surface area contributed by atoms with Crippen molar-refractivity contribution in [2.45, 2.75) is 64.7 Å². The molecule has 0 bridgehead atoms. The topological polar surface area (TPSA) is 40.5 Å². The van der Waals surface area contributed by atoms with Crippen molar-refractivity contribution in [2.24, 2.45) is 0 Å². The maximum absolute atomic E-state index is 11.4. The predicted molar refractivity (Wildman–Crippen MR) is 126 cm³/mol. The maximum atomic E-state index is 11.4. The van der Waals surface area contributed by atoms with Gasteiger partial charge in [0.15, 0.2) is 0 Å². The summed E-state index contributed by atoms with van der Waals surface area (Å²) in [5, 5.41) is 21.8. The van der Waals surface area contributed by atoms with Gasteiger partial charge >= 0.3 is 0 Å². The molecule has 2 aromatic rings. The van der Waals surface area contributed by atoms with Gasteiger partial charge in [-0.1, -0.05) is 42.8 Å². The van der Waals surface area contributed by atoms with E-state index in [1.807, 2.05) is 24.3 Å². The van der Waals surface area contributed by atoms with E-state index in [2.05, 4.69) is 31.2 Å². The van der Waals surface area contributed by atoms with Crippen molar-refractivity contribution >= 4 is 5.57 Å². The van der Waals surface area contributed by atoms with Crippen LogP contribution in [0.25, 0.3) is 16.7 Å². The van der Waals surface area contributed by atoms with Gasteiger partial charge in [-0.2, -0.15) is 0 Å². The first-order chi connectivity index (χ1) is 14.6. The van der Waals surface area contributed by atoms with Crippen molar-refractivity contribution in [1.29, 1.82) is 0 Å². The molecule has 2 aliphatic rings. The molecule has 0 atom stereocenters. The molecule has 156 valence electrons. The molecule has 0 unspecified atom stereocenters. The highest BCUT2D eigenvalue weighted by Crippen LogP contribution is 2.44. The molecule has 0 saturated carbocycles. The zero-order chi connectivity index (χ0) is 20.9. The van der Waals surface area contributed by atoms with Crippen molar-refractivity contribution in [3.63, 3.8) is 0 Å². The number of para-hydroxylation sites is 1. The van der Waals surface area contributed by atoms with Crippen LogP contribution in [0.1, 0.15) is 68.9 Å². The molecule has 2 heteroatoms. The molecule has 0 amide bonds. The standard InChI is InChI=1S/C28H32O2/c1-20-18-25(28(30)26(19-20)24-16-10-11-17-27(24)29)23-15-8-4-2-3-6-12-21-13-7-5-9-14-22(21)23/h6,10-12,15-19,29-30H,2-5,7-9,13-14H2,1H3/b12-6+,23-15-. The zero-order valence-electron chi connectivity index (χ0n) is 18.0. The van der Waals surface area contributed by atoms with Crippen molar-refractivity contribution in [1.82, 2.24) is 0 Å².